The molecule has 0 bridgehead atoms. The number of unbranched alkanes of at least 4 members (excludes halogenated alkanes) is 4. The number of rotatable bonds is 7. The van der Waals surface area contributed by atoms with Gasteiger partial charge in [-0.3, -0.25) is 10.1 Å². The lowest BCUT2D eigenvalue weighted by atomic mass is 10.1. The molecule has 0 atom stereocenters. The zero-order valence-corrected chi connectivity index (χ0v) is 14.7. The van der Waals surface area contributed by atoms with Crippen LogP contribution in [0.3, 0.4) is 0 Å². The SMILES string of the molecule is CCCCCCCNC(=S)NC(=O)c1ccccc1I. The van der Waals surface area contributed by atoms with E-state index >= 15 is 0 Å². The first kappa shape index (κ1) is 17.4. The summed E-state index contributed by atoms with van der Waals surface area (Å²) in [5.41, 5.74) is 0.653. The molecule has 2 N–H and O–H groups in total. The Labute approximate surface area is 140 Å². The maximum atomic E-state index is 12.0. The number of hydrogen-bond donors (Lipinski definition) is 2. The summed E-state index contributed by atoms with van der Waals surface area (Å²) in [6, 6.07) is 7.46. The van der Waals surface area contributed by atoms with Crippen LogP contribution in [0, 0.1) is 3.57 Å². The Kier molecular flexibility index (Phi) is 8.77. The summed E-state index contributed by atoms with van der Waals surface area (Å²) in [5, 5.41) is 6.20. The first-order chi connectivity index (χ1) is 9.65. The molecule has 20 heavy (non-hydrogen) atoms. The topological polar surface area (TPSA) is 41.1 Å². The van der Waals surface area contributed by atoms with Crippen LogP contribution in [-0.2, 0) is 0 Å². The maximum absolute atomic E-state index is 12.0. The lowest BCUT2D eigenvalue weighted by Gasteiger charge is -2.10. The molecule has 0 radical (unpaired) electrons. The van der Waals surface area contributed by atoms with Crippen molar-refractivity contribution in [1.82, 2.24) is 10.6 Å². The van der Waals surface area contributed by atoms with Gasteiger partial charge in [-0.25, -0.2) is 0 Å². The zero-order valence-electron chi connectivity index (χ0n) is 11.7. The molecule has 1 aromatic carbocycles. The van der Waals surface area contributed by atoms with Gasteiger partial charge in [0.05, 0.1) is 5.56 Å². The van der Waals surface area contributed by atoms with E-state index in [1.54, 1.807) is 6.07 Å². The second kappa shape index (κ2) is 10.1. The number of benzene rings is 1. The molecule has 0 saturated carbocycles. The summed E-state index contributed by atoms with van der Waals surface area (Å²) in [4.78, 5) is 12.0. The van der Waals surface area contributed by atoms with Gasteiger partial charge in [0.25, 0.3) is 5.91 Å². The smallest absolute Gasteiger partial charge is 0.258 e. The van der Waals surface area contributed by atoms with Gasteiger partial charge in [0.15, 0.2) is 5.11 Å². The molecule has 0 heterocycles. The Hall–Kier alpha value is -0.690. The molecule has 1 rings (SSSR count). The molecule has 1 amide bonds. The van der Waals surface area contributed by atoms with Crippen molar-refractivity contribution in [3.05, 3.63) is 33.4 Å². The highest BCUT2D eigenvalue weighted by molar-refractivity contribution is 14.1. The second-order valence-electron chi connectivity index (χ2n) is 4.60. The summed E-state index contributed by atoms with van der Waals surface area (Å²) in [7, 11) is 0. The van der Waals surface area contributed by atoms with Crippen molar-refractivity contribution in [2.75, 3.05) is 6.54 Å². The Balaban J connectivity index is 2.25. The number of halogens is 1. The summed E-state index contributed by atoms with van der Waals surface area (Å²) >= 11 is 7.27. The number of carbonyl (C=O) groups excluding carboxylic acids is 1. The van der Waals surface area contributed by atoms with E-state index in [0.717, 1.165) is 16.5 Å². The summed E-state index contributed by atoms with van der Waals surface area (Å²) in [5.74, 6) is -0.154. The predicted octanol–water partition coefficient (Wildman–Crippen LogP) is 3.87. The minimum Gasteiger partial charge on any atom is -0.362 e. The third-order valence-corrected chi connectivity index (χ3v) is 4.10. The van der Waals surface area contributed by atoms with Crippen molar-refractivity contribution in [3.8, 4) is 0 Å². The standard InChI is InChI=1S/C15H21IN2OS/c1-2-3-4-5-8-11-17-15(20)18-14(19)12-9-6-7-10-13(12)16/h6-7,9-10H,2-5,8,11H2,1H3,(H2,17,18,19,20). The first-order valence-electron chi connectivity index (χ1n) is 6.99. The van der Waals surface area contributed by atoms with Crippen molar-refractivity contribution in [1.29, 1.82) is 0 Å². The number of amides is 1. The van der Waals surface area contributed by atoms with E-state index in [9.17, 15) is 4.79 Å². The lowest BCUT2D eigenvalue weighted by molar-refractivity contribution is 0.0976. The van der Waals surface area contributed by atoms with E-state index in [2.05, 4.69) is 40.1 Å². The molecule has 0 aliphatic heterocycles. The van der Waals surface area contributed by atoms with Gasteiger partial charge < -0.3 is 5.32 Å². The predicted molar refractivity (Wildman–Crippen MR) is 96.0 cm³/mol. The lowest BCUT2D eigenvalue weighted by Crippen LogP contribution is -2.39. The average molecular weight is 404 g/mol. The Morgan fingerprint density at radius 1 is 1.20 bits per heavy atom. The molecular weight excluding hydrogens is 383 g/mol. The van der Waals surface area contributed by atoms with Gasteiger partial charge in [0.2, 0.25) is 0 Å². The summed E-state index contributed by atoms with van der Waals surface area (Å²) < 4.78 is 0.921. The van der Waals surface area contributed by atoms with Crippen LogP contribution in [-0.4, -0.2) is 17.6 Å². The van der Waals surface area contributed by atoms with E-state index in [1.807, 2.05) is 18.2 Å². The van der Waals surface area contributed by atoms with Crippen LogP contribution >= 0.6 is 34.8 Å². The third kappa shape index (κ3) is 6.65. The van der Waals surface area contributed by atoms with Gasteiger partial charge in [0.1, 0.15) is 0 Å². The normalized spacial score (nSPS) is 10.1. The van der Waals surface area contributed by atoms with Gasteiger partial charge in [-0.05, 0) is 53.4 Å². The number of carbonyl (C=O) groups is 1. The molecule has 5 heteroatoms. The van der Waals surface area contributed by atoms with Crippen LogP contribution in [0.5, 0.6) is 0 Å². The Morgan fingerprint density at radius 2 is 1.90 bits per heavy atom. The van der Waals surface area contributed by atoms with E-state index < -0.39 is 0 Å². The summed E-state index contributed by atoms with van der Waals surface area (Å²) in [6.45, 7) is 3.02. The third-order valence-electron chi connectivity index (χ3n) is 2.91. The van der Waals surface area contributed by atoms with Crippen LogP contribution in [0.1, 0.15) is 49.4 Å². The van der Waals surface area contributed by atoms with Gasteiger partial charge in [0, 0.05) is 10.1 Å². The highest BCUT2D eigenvalue weighted by atomic mass is 127. The molecule has 0 saturated heterocycles. The number of thiocarbonyl (C=S) groups is 1. The molecule has 1 aromatic rings. The van der Waals surface area contributed by atoms with E-state index in [0.29, 0.717) is 10.7 Å². The largest absolute Gasteiger partial charge is 0.362 e. The van der Waals surface area contributed by atoms with E-state index in [1.165, 1.54) is 25.7 Å². The minimum atomic E-state index is -0.154. The molecule has 110 valence electrons. The zero-order chi connectivity index (χ0) is 14.8. The highest BCUT2D eigenvalue weighted by Crippen LogP contribution is 2.10. The molecule has 0 aliphatic rings. The van der Waals surface area contributed by atoms with Crippen molar-refractivity contribution < 1.29 is 4.79 Å². The first-order valence-corrected chi connectivity index (χ1v) is 8.47. The van der Waals surface area contributed by atoms with E-state index in [-0.39, 0.29) is 5.91 Å². The molecule has 0 aliphatic carbocycles. The molecular formula is C15H21IN2OS. The van der Waals surface area contributed by atoms with E-state index in [4.69, 9.17) is 12.2 Å². The highest BCUT2D eigenvalue weighted by Gasteiger charge is 2.10. The van der Waals surface area contributed by atoms with Crippen LogP contribution in [0.25, 0.3) is 0 Å². The van der Waals surface area contributed by atoms with Gasteiger partial charge in [-0.1, -0.05) is 44.7 Å². The monoisotopic (exact) mass is 404 g/mol. The summed E-state index contributed by atoms with van der Waals surface area (Å²) in [6.07, 6.45) is 6.08. The molecule has 0 spiro atoms. The van der Waals surface area contributed by atoms with Gasteiger partial charge in [-0.2, -0.15) is 0 Å². The van der Waals surface area contributed by atoms with Crippen molar-refractivity contribution in [2.45, 2.75) is 39.0 Å². The van der Waals surface area contributed by atoms with Crippen LogP contribution in [0.2, 0.25) is 0 Å². The Bertz CT molecular complexity index is 451. The number of hydrogen-bond acceptors (Lipinski definition) is 2. The fourth-order valence-corrected chi connectivity index (χ4v) is 2.62. The van der Waals surface area contributed by atoms with Gasteiger partial charge in [-0.15, -0.1) is 0 Å². The molecule has 0 fully saturated rings. The fourth-order valence-electron chi connectivity index (χ4n) is 1.79. The minimum absolute atomic E-state index is 0.154. The van der Waals surface area contributed by atoms with Crippen molar-refractivity contribution in [3.63, 3.8) is 0 Å². The fraction of sp³-hybridized carbons (Fsp3) is 0.467. The molecule has 0 unspecified atom stereocenters. The molecule has 0 aromatic heterocycles. The van der Waals surface area contributed by atoms with Crippen LogP contribution < -0.4 is 10.6 Å². The second-order valence-corrected chi connectivity index (χ2v) is 6.17. The Morgan fingerprint density at radius 3 is 2.60 bits per heavy atom. The average Bonchev–Trinajstić information content (AvgIpc) is 2.43. The van der Waals surface area contributed by atoms with Gasteiger partial charge >= 0.3 is 0 Å². The van der Waals surface area contributed by atoms with Crippen molar-refractivity contribution >= 4 is 45.8 Å². The maximum Gasteiger partial charge on any atom is 0.258 e. The van der Waals surface area contributed by atoms with Crippen LogP contribution in [0.15, 0.2) is 24.3 Å². The number of nitrogens with one attached hydrogen (secondary N) is 2. The quantitative estimate of drug-likeness (QED) is 0.412. The molecule has 3 nitrogen and oxygen atoms in total. The van der Waals surface area contributed by atoms with Crippen molar-refractivity contribution in [2.24, 2.45) is 0 Å². The van der Waals surface area contributed by atoms with Crippen LogP contribution in [0.4, 0.5) is 0 Å².